The molecule has 12 heavy (non-hydrogen) atoms. The SMILES string of the molecule is CCC(C)(C)CC(F)(F)C(C)C. The molecule has 0 fully saturated rings. The molecule has 0 atom stereocenters. The molecule has 0 aromatic rings. The van der Waals surface area contributed by atoms with E-state index in [1.807, 2.05) is 20.8 Å². The van der Waals surface area contributed by atoms with Gasteiger partial charge in [0.1, 0.15) is 0 Å². The zero-order chi connectivity index (χ0) is 9.99. The lowest BCUT2D eigenvalue weighted by molar-refractivity contribution is -0.0790. The molecule has 0 aliphatic rings. The van der Waals surface area contributed by atoms with Gasteiger partial charge < -0.3 is 0 Å². The maximum absolute atomic E-state index is 13.2. The first-order valence-electron chi connectivity index (χ1n) is 4.59. The maximum Gasteiger partial charge on any atom is 0.250 e. The Bertz CT molecular complexity index is 137. The van der Waals surface area contributed by atoms with Crippen LogP contribution in [0, 0.1) is 11.3 Å². The predicted octanol–water partition coefficient (Wildman–Crippen LogP) is 4.10. The largest absolute Gasteiger partial charge is 0.250 e. The maximum atomic E-state index is 13.2. The van der Waals surface area contributed by atoms with E-state index in [2.05, 4.69) is 0 Å². The van der Waals surface area contributed by atoms with Crippen molar-refractivity contribution >= 4 is 0 Å². The van der Waals surface area contributed by atoms with Gasteiger partial charge >= 0.3 is 0 Å². The van der Waals surface area contributed by atoms with Crippen LogP contribution in [0.15, 0.2) is 0 Å². The van der Waals surface area contributed by atoms with Gasteiger partial charge in [-0.15, -0.1) is 0 Å². The minimum Gasteiger partial charge on any atom is -0.207 e. The van der Waals surface area contributed by atoms with Gasteiger partial charge in [0.05, 0.1) is 0 Å². The Morgan fingerprint density at radius 1 is 1.17 bits per heavy atom. The summed E-state index contributed by atoms with van der Waals surface area (Å²) in [6, 6.07) is 0. The predicted molar refractivity (Wildman–Crippen MR) is 48.5 cm³/mol. The highest BCUT2D eigenvalue weighted by Gasteiger charge is 2.38. The Morgan fingerprint density at radius 3 is 1.83 bits per heavy atom. The lowest BCUT2D eigenvalue weighted by Gasteiger charge is -2.30. The zero-order valence-corrected chi connectivity index (χ0v) is 8.75. The minimum absolute atomic E-state index is 0.00579. The molecule has 0 nitrogen and oxygen atoms in total. The van der Waals surface area contributed by atoms with Crippen molar-refractivity contribution in [3.05, 3.63) is 0 Å². The van der Waals surface area contributed by atoms with Crippen molar-refractivity contribution in [2.24, 2.45) is 11.3 Å². The van der Waals surface area contributed by atoms with Gasteiger partial charge in [0.25, 0.3) is 5.92 Å². The van der Waals surface area contributed by atoms with Crippen LogP contribution in [0.1, 0.15) is 47.5 Å². The Morgan fingerprint density at radius 2 is 1.58 bits per heavy atom. The van der Waals surface area contributed by atoms with Crippen LogP contribution in [0.3, 0.4) is 0 Å². The zero-order valence-electron chi connectivity index (χ0n) is 8.75. The smallest absolute Gasteiger partial charge is 0.207 e. The third-order valence-corrected chi connectivity index (χ3v) is 2.52. The number of halogens is 2. The van der Waals surface area contributed by atoms with Gasteiger partial charge in [-0.3, -0.25) is 0 Å². The lowest BCUT2D eigenvalue weighted by atomic mass is 9.81. The molecule has 0 bridgehead atoms. The van der Waals surface area contributed by atoms with Crippen LogP contribution < -0.4 is 0 Å². The second kappa shape index (κ2) is 3.71. The number of alkyl halides is 2. The Hall–Kier alpha value is -0.140. The van der Waals surface area contributed by atoms with Crippen LogP contribution in [0.2, 0.25) is 0 Å². The molecular weight excluding hydrogens is 158 g/mol. The molecule has 0 aromatic carbocycles. The fraction of sp³-hybridized carbons (Fsp3) is 1.00. The third-order valence-electron chi connectivity index (χ3n) is 2.52. The van der Waals surface area contributed by atoms with Gasteiger partial charge in [-0.25, -0.2) is 8.78 Å². The number of hydrogen-bond donors (Lipinski definition) is 0. The van der Waals surface area contributed by atoms with Gasteiger partial charge in [-0.1, -0.05) is 41.0 Å². The van der Waals surface area contributed by atoms with Crippen LogP contribution in [0.5, 0.6) is 0 Å². The van der Waals surface area contributed by atoms with E-state index in [1.165, 1.54) is 0 Å². The van der Waals surface area contributed by atoms with Crippen molar-refractivity contribution in [3.8, 4) is 0 Å². The van der Waals surface area contributed by atoms with Crippen molar-refractivity contribution in [1.29, 1.82) is 0 Å². The first-order chi connectivity index (χ1) is 5.21. The quantitative estimate of drug-likeness (QED) is 0.608. The Labute approximate surface area is 74.4 Å². The summed E-state index contributed by atoms with van der Waals surface area (Å²) in [5, 5.41) is 0. The fourth-order valence-corrected chi connectivity index (χ4v) is 0.967. The standard InChI is InChI=1S/C10H20F2/c1-6-9(4,5)7-10(11,12)8(2)3/h8H,6-7H2,1-5H3. The minimum atomic E-state index is -2.51. The molecular formula is C10H20F2. The van der Waals surface area contributed by atoms with Crippen LogP contribution in [-0.2, 0) is 0 Å². The molecule has 2 heteroatoms. The second-order valence-corrected chi connectivity index (χ2v) is 4.61. The summed E-state index contributed by atoms with van der Waals surface area (Å²) in [6.07, 6.45) is 0.795. The van der Waals surface area contributed by atoms with Crippen molar-refractivity contribution in [2.45, 2.75) is 53.4 Å². The normalized spacial score (nSPS) is 14.0. The summed E-state index contributed by atoms with van der Waals surface area (Å²) in [4.78, 5) is 0. The molecule has 0 aliphatic heterocycles. The molecule has 0 heterocycles. The van der Waals surface area contributed by atoms with E-state index in [0.717, 1.165) is 6.42 Å². The second-order valence-electron chi connectivity index (χ2n) is 4.61. The van der Waals surface area contributed by atoms with Crippen LogP contribution >= 0.6 is 0 Å². The van der Waals surface area contributed by atoms with E-state index in [9.17, 15) is 8.78 Å². The van der Waals surface area contributed by atoms with E-state index >= 15 is 0 Å². The first kappa shape index (κ1) is 11.9. The molecule has 0 amide bonds. The van der Waals surface area contributed by atoms with Crippen molar-refractivity contribution in [2.75, 3.05) is 0 Å². The van der Waals surface area contributed by atoms with Gasteiger partial charge in [-0.2, -0.15) is 0 Å². The Kier molecular flexibility index (Phi) is 3.67. The van der Waals surface area contributed by atoms with E-state index in [1.54, 1.807) is 13.8 Å². The molecule has 0 N–H and O–H groups in total. The molecule has 0 saturated heterocycles. The first-order valence-corrected chi connectivity index (χ1v) is 4.59. The molecule has 74 valence electrons. The van der Waals surface area contributed by atoms with E-state index in [-0.39, 0.29) is 11.8 Å². The van der Waals surface area contributed by atoms with Gasteiger partial charge in [0.2, 0.25) is 0 Å². The topological polar surface area (TPSA) is 0 Å². The molecule has 0 aliphatic carbocycles. The number of hydrogen-bond acceptors (Lipinski definition) is 0. The van der Waals surface area contributed by atoms with E-state index in [0.29, 0.717) is 0 Å². The van der Waals surface area contributed by atoms with Crippen LogP contribution in [-0.4, -0.2) is 5.92 Å². The summed E-state index contributed by atoms with van der Waals surface area (Å²) < 4.78 is 26.5. The lowest BCUT2D eigenvalue weighted by Crippen LogP contribution is -2.30. The van der Waals surface area contributed by atoms with E-state index < -0.39 is 11.8 Å². The average Bonchev–Trinajstić information content (AvgIpc) is 1.85. The molecule has 0 radical (unpaired) electrons. The van der Waals surface area contributed by atoms with E-state index in [4.69, 9.17) is 0 Å². The van der Waals surface area contributed by atoms with Crippen molar-refractivity contribution < 1.29 is 8.78 Å². The molecule has 0 rings (SSSR count). The van der Waals surface area contributed by atoms with Crippen LogP contribution in [0.25, 0.3) is 0 Å². The molecule has 0 saturated carbocycles. The van der Waals surface area contributed by atoms with Gasteiger partial charge in [-0.05, 0) is 5.41 Å². The summed E-state index contributed by atoms with van der Waals surface area (Å²) >= 11 is 0. The van der Waals surface area contributed by atoms with Crippen molar-refractivity contribution in [3.63, 3.8) is 0 Å². The monoisotopic (exact) mass is 178 g/mol. The fourth-order valence-electron chi connectivity index (χ4n) is 0.967. The summed E-state index contributed by atoms with van der Waals surface area (Å²) in [6.45, 7) is 8.89. The van der Waals surface area contributed by atoms with Gasteiger partial charge in [0, 0.05) is 12.3 Å². The van der Waals surface area contributed by atoms with Crippen molar-refractivity contribution in [1.82, 2.24) is 0 Å². The van der Waals surface area contributed by atoms with Gasteiger partial charge in [0.15, 0.2) is 0 Å². The summed E-state index contributed by atoms with van der Waals surface area (Å²) in [5.74, 6) is -3.07. The summed E-state index contributed by atoms with van der Waals surface area (Å²) in [7, 11) is 0. The average molecular weight is 178 g/mol. The highest BCUT2D eigenvalue weighted by atomic mass is 19.3. The molecule has 0 unspecified atom stereocenters. The molecule has 0 aromatic heterocycles. The summed E-state index contributed by atoms with van der Waals surface area (Å²) in [5.41, 5.74) is -0.242. The third kappa shape index (κ3) is 3.51. The Balaban J connectivity index is 4.23. The van der Waals surface area contributed by atoms with Crippen LogP contribution in [0.4, 0.5) is 8.78 Å². The highest BCUT2D eigenvalue weighted by Crippen LogP contribution is 2.38. The molecule has 0 spiro atoms. The highest BCUT2D eigenvalue weighted by molar-refractivity contribution is 4.79. The number of rotatable bonds is 4.